The highest BCUT2D eigenvalue weighted by atomic mass is 15.3. The van der Waals surface area contributed by atoms with Crippen LogP contribution in [0, 0.1) is 17.2 Å². The van der Waals surface area contributed by atoms with Crippen LogP contribution in [-0.2, 0) is 0 Å². The van der Waals surface area contributed by atoms with Crippen LogP contribution in [0.15, 0.2) is 5.10 Å². The Labute approximate surface area is 73.8 Å². The van der Waals surface area contributed by atoms with E-state index in [0.29, 0.717) is 17.7 Å². The van der Waals surface area contributed by atoms with Gasteiger partial charge in [-0.3, -0.25) is 10.8 Å². The maximum absolute atomic E-state index is 7.39. The lowest BCUT2D eigenvalue weighted by Gasteiger charge is -2.24. The van der Waals surface area contributed by atoms with Gasteiger partial charge in [-0.05, 0) is 12.3 Å². The SMILES string of the molecule is CCC(C)C1=NNC(=N)CC1C. The molecule has 0 aromatic carbocycles. The van der Waals surface area contributed by atoms with E-state index < -0.39 is 0 Å². The van der Waals surface area contributed by atoms with Crippen LogP contribution < -0.4 is 5.43 Å². The Balaban J connectivity index is 2.70. The van der Waals surface area contributed by atoms with Gasteiger partial charge in [-0.25, -0.2) is 0 Å². The van der Waals surface area contributed by atoms with Crippen LogP contribution in [0.25, 0.3) is 0 Å². The summed E-state index contributed by atoms with van der Waals surface area (Å²) in [7, 11) is 0. The first-order chi connectivity index (χ1) is 5.65. The molecule has 0 aliphatic carbocycles. The number of hydrazone groups is 1. The zero-order valence-corrected chi connectivity index (χ0v) is 8.02. The molecule has 68 valence electrons. The number of hydrogen-bond acceptors (Lipinski definition) is 2. The predicted molar refractivity (Wildman–Crippen MR) is 51.5 cm³/mol. The molecule has 0 amide bonds. The summed E-state index contributed by atoms with van der Waals surface area (Å²) in [5.41, 5.74) is 3.97. The van der Waals surface area contributed by atoms with Gasteiger partial charge in [-0.2, -0.15) is 5.10 Å². The Hall–Kier alpha value is -0.860. The normalized spacial score (nSPS) is 26.1. The molecule has 0 aromatic rings. The van der Waals surface area contributed by atoms with E-state index >= 15 is 0 Å². The summed E-state index contributed by atoms with van der Waals surface area (Å²) in [5, 5.41) is 11.6. The second-order valence-corrected chi connectivity index (χ2v) is 3.54. The Morgan fingerprint density at radius 2 is 2.42 bits per heavy atom. The lowest BCUT2D eigenvalue weighted by molar-refractivity contribution is 0.633. The van der Waals surface area contributed by atoms with Crippen LogP contribution in [0.3, 0.4) is 0 Å². The van der Waals surface area contributed by atoms with E-state index in [1.807, 2.05) is 0 Å². The number of amidine groups is 1. The van der Waals surface area contributed by atoms with Gasteiger partial charge in [0.15, 0.2) is 0 Å². The van der Waals surface area contributed by atoms with Gasteiger partial charge in [0.1, 0.15) is 5.84 Å². The average molecular weight is 167 g/mol. The quantitative estimate of drug-likeness (QED) is 0.649. The molecule has 0 bridgehead atoms. The third kappa shape index (κ3) is 1.84. The van der Waals surface area contributed by atoms with E-state index in [9.17, 15) is 0 Å². The molecule has 3 nitrogen and oxygen atoms in total. The average Bonchev–Trinajstić information content (AvgIpc) is 2.03. The molecule has 2 unspecified atom stereocenters. The number of rotatable bonds is 2. The monoisotopic (exact) mass is 167 g/mol. The molecular weight excluding hydrogens is 150 g/mol. The summed E-state index contributed by atoms with van der Waals surface area (Å²) < 4.78 is 0. The van der Waals surface area contributed by atoms with E-state index in [1.54, 1.807) is 0 Å². The van der Waals surface area contributed by atoms with Gasteiger partial charge in [0.05, 0.1) is 0 Å². The third-order valence-corrected chi connectivity index (χ3v) is 2.45. The lowest BCUT2D eigenvalue weighted by Crippen LogP contribution is -2.34. The van der Waals surface area contributed by atoms with E-state index in [0.717, 1.165) is 12.8 Å². The topological polar surface area (TPSA) is 48.2 Å². The zero-order chi connectivity index (χ0) is 9.14. The minimum Gasteiger partial charge on any atom is -0.287 e. The molecular formula is C9H17N3. The van der Waals surface area contributed by atoms with Crippen molar-refractivity contribution in [3.63, 3.8) is 0 Å². The van der Waals surface area contributed by atoms with Crippen molar-refractivity contribution in [2.24, 2.45) is 16.9 Å². The Kier molecular flexibility index (Phi) is 2.84. The van der Waals surface area contributed by atoms with Crippen LogP contribution in [0.4, 0.5) is 0 Å². The molecule has 3 heteroatoms. The van der Waals surface area contributed by atoms with Crippen molar-refractivity contribution in [1.29, 1.82) is 5.41 Å². The Morgan fingerprint density at radius 1 is 1.75 bits per heavy atom. The van der Waals surface area contributed by atoms with Gasteiger partial charge < -0.3 is 0 Å². The van der Waals surface area contributed by atoms with Crippen molar-refractivity contribution < 1.29 is 0 Å². The van der Waals surface area contributed by atoms with Crippen molar-refractivity contribution in [2.75, 3.05) is 0 Å². The molecule has 2 N–H and O–H groups in total. The maximum atomic E-state index is 7.39. The first-order valence-electron chi connectivity index (χ1n) is 4.56. The predicted octanol–water partition coefficient (Wildman–Crippen LogP) is 2.00. The summed E-state index contributed by atoms with van der Waals surface area (Å²) in [6.07, 6.45) is 1.93. The molecule has 1 aliphatic rings. The molecule has 2 atom stereocenters. The summed E-state index contributed by atoms with van der Waals surface area (Å²) in [5.74, 6) is 1.52. The summed E-state index contributed by atoms with van der Waals surface area (Å²) in [4.78, 5) is 0. The highest BCUT2D eigenvalue weighted by molar-refractivity contribution is 5.96. The molecule has 0 spiro atoms. The number of nitrogens with zero attached hydrogens (tertiary/aromatic N) is 1. The van der Waals surface area contributed by atoms with Crippen LogP contribution in [0.1, 0.15) is 33.6 Å². The van der Waals surface area contributed by atoms with Gasteiger partial charge >= 0.3 is 0 Å². The Morgan fingerprint density at radius 3 is 2.92 bits per heavy atom. The van der Waals surface area contributed by atoms with Crippen molar-refractivity contribution in [3.05, 3.63) is 0 Å². The standard InChI is InChI=1S/C9H17N3/c1-4-6(2)9-7(3)5-8(10)11-12-9/h6-7H,4-5H2,1-3H3,(H2,10,11). The first kappa shape index (κ1) is 9.23. The van der Waals surface area contributed by atoms with Crippen LogP contribution in [0.2, 0.25) is 0 Å². The lowest BCUT2D eigenvalue weighted by atomic mass is 9.89. The molecule has 0 aromatic heterocycles. The highest BCUT2D eigenvalue weighted by Crippen LogP contribution is 2.17. The van der Waals surface area contributed by atoms with Crippen molar-refractivity contribution in [1.82, 2.24) is 5.43 Å². The molecule has 1 heterocycles. The Bertz CT molecular complexity index is 208. The van der Waals surface area contributed by atoms with Gasteiger partial charge in [0, 0.05) is 18.1 Å². The van der Waals surface area contributed by atoms with Crippen LogP contribution >= 0.6 is 0 Å². The van der Waals surface area contributed by atoms with Crippen LogP contribution in [0.5, 0.6) is 0 Å². The smallest absolute Gasteiger partial charge is 0.114 e. The molecule has 1 aliphatic heterocycles. The maximum Gasteiger partial charge on any atom is 0.114 e. The molecule has 1 rings (SSSR count). The van der Waals surface area contributed by atoms with E-state index in [2.05, 4.69) is 31.3 Å². The summed E-state index contributed by atoms with van der Waals surface area (Å²) in [6, 6.07) is 0. The molecule has 0 fully saturated rings. The van der Waals surface area contributed by atoms with E-state index in [-0.39, 0.29) is 0 Å². The second kappa shape index (κ2) is 3.70. The van der Waals surface area contributed by atoms with Gasteiger partial charge in [0.2, 0.25) is 0 Å². The van der Waals surface area contributed by atoms with Crippen molar-refractivity contribution in [3.8, 4) is 0 Å². The number of hydrogen-bond donors (Lipinski definition) is 2. The molecule has 0 saturated carbocycles. The fourth-order valence-electron chi connectivity index (χ4n) is 1.50. The molecule has 12 heavy (non-hydrogen) atoms. The second-order valence-electron chi connectivity index (χ2n) is 3.54. The first-order valence-corrected chi connectivity index (χ1v) is 4.56. The number of nitrogens with one attached hydrogen (secondary N) is 2. The van der Waals surface area contributed by atoms with E-state index in [1.165, 1.54) is 5.71 Å². The van der Waals surface area contributed by atoms with Crippen molar-refractivity contribution in [2.45, 2.75) is 33.6 Å². The molecule has 0 radical (unpaired) electrons. The summed E-state index contributed by atoms with van der Waals surface area (Å²) in [6.45, 7) is 6.49. The van der Waals surface area contributed by atoms with Gasteiger partial charge in [0.25, 0.3) is 0 Å². The minimum absolute atomic E-state index is 0.439. The van der Waals surface area contributed by atoms with Crippen LogP contribution in [-0.4, -0.2) is 11.5 Å². The highest BCUT2D eigenvalue weighted by Gasteiger charge is 2.21. The fraction of sp³-hybridized carbons (Fsp3) is 0.778. The third-order valence-electron chi connectivity index (χ3n) is 2.45. The van der Waals surface area contributed by atoms with Crippen molar-refractivity contribution >= 4 is 11.5 Å². The minimum atomic E-state index is 0.439. The fourth-order valence-corrected chi connectivity index (χ4v) is 1.50. The molecule has 0 saturated heterocycles. The van der Waals surface area contributed by atoms with Gasteiger partial charge in [-0.1, -0.05) is 20.8 Å². The summed E-state index contributed by atoms with van der Waals surface area (Å²) >= 11 is 0. The van der Waals surface area contributed by atoms with E-state index in [4.69, 9.17) is 5.41 Å². The van der Waals surface area contributed by atoms with Gasteiger partial charge in [-0.15, -0.1) is 0 Å². The largest absolute Gasteiger partial charge is 0.287 e. The zero-order valence-electron chi connectivity index (χ0n) is 8.02.